The maximum atomic E-state index is 12.2. The maximum Gasteiger partial charge on any atom is 0.261 e. The fourth-order valence-electron chi connectivity index (χ4n) is 2.35. The molecule has 0 saturated carbocycles. The number of pyridine rings is 1. The lowest BCUT2D eigenvalue weighted by atomic mass is 10.2. The molecular formula is C20H18N4O3S. The Bertz CT molecular complexity index is 941. The zero-order valence-electron chi connectivity index (χ0n) is 14.8. The van der Waals surface area contributed by atoms with E-state index in [1.807, 2.05) is 11.4 Å². The van der Waals surface area contributed by atoms with Crippen molar-refractivity contribution >= 4 is 34.7 Å². The van der Waals surface area contributed by atoms with E-state index in [1.165, 1.54) is 17.5 Å². The van der Waals surface area contributed by atoms with E-state index in [0.29, 0.717) is 34.8 Å². The van der Waals surface area contributed by atoms with Crippen molar-refractivity contribution in [2.24, 2.45) is 0 Å². The van der Waals surface area contributed by atoms with Gasteiger partial charge in [-0.25, -0.2) is 0 Å². The number of carbonyl (C=O) groups is 3. The van der Waals surface area contributed by atoms with Gasteiger partial charge >= 0.3 is 0 Å². The Kier molecular flexibility index (Phi) is 6.48. The molecule has 0 bridgehead atoms. The average Bonchev–Trinajstić information content (AvgIpc) is 3.27. The predicted octanol–water partition coefficient (Wildman–Crippen LogP) is 2.56. The second-order valence-electron chi connectivity index (χ2n) is 5.76. The van der Waals surface area contributed by atoms with Crippen molar-refractivity contribution in [2.45, 2.75) is 0 Å². The van der Waals surface area contributed by atoms with Crippen LogP contribution in [0, 0.1) is 0 Å². The monoisotopic (exact) mass is 394 g/mol. The standard InChI is InChI=1S/C20H18N4O3S/c25-18(22-10-11-23-20(27)17-4-2-12-28-17)14-5-7-16(8-6-14)24-19(26)15-3-1-9-21-13-15/h1-9,12-13H,10-11H2,(H,22,25)(H,23,27)(H,24,26). The molecule has 7 nitrogen and oxygen atoms in total. The van der Waals surface area contributed by atoms with Crippen LogP contribution < -0.4 is 16.0 Å². The Labute approximate surface area is 165 Å². The molecule has 0 unspecified atom stereocenters. The summed E-state index contributed by atoms with van der Waals surface area (Å²) in [7, 11) is 0. The van der Waals surface area contributed by atoms with Crippen LogP contribution in [0.1, 0.15) is 30.4 Å². The van der Waals surface area contributed by atoms with Crippen LogP contribution in [0.3, 0.4) is 0 Å². The van der Waals surface area contributed by atoms with Gasteiger partial charge in [-0.2, -0.15) is 0 Å². The molecule has 0 aliphatic heterocycles. The number of nitrogens with one attached hydrogen (secondary N) is 3. The highest BCUT2D eigenvalue weighted by atomic mass is 32.1. The lowest BCUT2D eigenvalue weighted by Crippen LogP contribution is -2.34. The molecular weight excluding hydrogens is 376 g/mol. The van der Waals surface area contributed by atoms with Gasteiger partial charge in [0, 0.05) is 36.7 Å². The minimum Gasteiger partial charge on any atom is -0.350 e. The molecule has 0 fully saturated rings. The van der Waals surface area contributed by atoms with Crippen LogP contribution in [0.2, 0.25) is 0 Å². The van der Waals surface area contributed by atoms with Crippen LogP contribution in [0.5, 0.6) is 0 Å². The molecule has 0 aliphatic rings. The highest BCUT2D eigenvalue weighted by Crippen LogP contribution is 2.11. The van der Waals surface area contributed by atoms with Gasteiger partial charge in [0.1, 0.15) is 0 Å². The van der Waals surface area contributed by atoms with E-state index in [9.17, 15) is 14.4 Å². The molecule has 28 heavy (non-hydrogen) atoms. The van der Waals surface area contributed by atoms with E-state index in [-0.39, 0.29) is 17.7 Å². The Morgan fingerprint density at radius 3 is 2.21 bits per heavy atom. The van der Waals surface area contributed by atoms with E-state index >= 15 is 0 Å². The Hall–Kier alpha value is -3.52. The first-order chi connectivity index (χ1) is 13.6. The highest BCUT2D eigenvalue weighted by molar-refractivity contribution is 7.12. The molecule has 0 saturated heterocycles. The van der Waals surface area contributed by atoms with Crippen LogP contribution in [-0.4, -0.2) is 35.8 Å². The quantitative estimate of drug-likeness (QED) is 0.536. The second kappa shape index (κ2) is 9.43. The lowest BCUT2D eigenvalue weighted by Gasteiger charge is -2.08. The van der Waals surface area contributed by atoms with E-state index < -0.39 is 0 Å². The smallest absolute Gasteiger partial charge is 0.261 e. The molecule has 0 spiro atoms. The predicted molar refractivity (Wildman–Crippen MR) is 108 cm³/mol. The van der Waals surface area contributed by atoms with Gasteiger partial charge in [-0.15, -0.1) is 11.3 Å². The Balaban J connectivity index is 1.44. The molecule has 2 heterocycles. The van der Waals surface area contributed by atoms with E-state index in [1.54, 1.807) is 48.7 Å². The van der Waals surface area contributed by atoms with Crippen LogP contribution in [0.25, 0.3) is 0 Å². The molecule has 3 amide bonds. The number of nitrogens with zero attached hydrogens (tertiary/aromatic N) is 1. The first-order valence-electron chi connectivity index (χ1n) is 8.55. The van der Waals surface area contributed by atoms with E-state index in [2.05, 4.69) is 20.9 Å². The summed E-state index contributed by atoms with van der Waals surface area (Å²) in [5.41, 5.74) is 1.49. The summed E-state index contributed by atoms with van der Waals surface area (Å²) in [6.07, 6.45) is 3.08. The fraction of sp³-hybridized carbons (Fsp3) is 0.100. The number of rotatable bonds is 7. The minimum absolute atomic E-state index is 0.155. The van der Waals surface area contributed by atoms with Gasteiger partial charge in [0.25, 0.3) is 17.7 Å². The van der Waals surface area contributed by atoms with Crippen molar-refractivity contribution in [1.29, 1.82) is 0 Å². The summed E-state index contributed by atoms with van der Waals surface area (Å²) in [6, 6.07) is 13.5. The van der Waals surface area contributed by atoms with Gasteiger partial charge in [0.15, 0.2) is 0 Å². The van der Waals surface area contributed by atoms with Crippen LogP contribution in [-0.2, 0) is 0 Å². The molecule has 8 heteroatoms. The molecule has 0 atom stereocenters. The number of aromatic nitrogens is 1. The van der Waals surface area contributed by atoms with Gasteiger partial charge in [-0.3, -0.25) is 19.4 Å². The number of anilines is 1. The number of amides is 3. The van der Waals surface area contributed by atoms with Crippen molar-refractivity contribution in [3.63, 3.8) is 0 Å². The number of benzene rings is 1. The lowest BCUT2D eigenvalue weighted by molar-refractivity contribution is 0.0929. The Morgan fingerprint density at radius 1 is 0.821 bits per heavy atom. The normalized spacial score (nSPS) is 10.1. The molecule has 3 N–H and O–H groups in total. The zero-order valence-corrected chi connectivity index (χ0v) is 15.7. The molecule has 3 rings (SSSR count). The topological polar surface area (TPSA) is 100 Å². The third-order valence-electron chi connectivity index (χ3n) is 3.77. The second-order valence-corrected chi connectivity index (χ2v) is 6.71. The molecule has 0 aliphatic carbocycles. The first kappa shape index (κ1) is 19.2. The third-order valence-corrected chi connectivity index (χ3v) is 4.64. The first-order valence-corrected chi connectivity index (χ1v) is 9.43. The summed E-state index contributed by atoms with van der Waals surface area (Å²) < 4.78 is 0. The van der Waals surface area contributed by atoms with Crippen molar-refractivity contribution in [3.8, 4) is 0 Å². The minimum atomic E-state index is -0.271. The molecule has 0 radical (unpaired) electrons. The van der Waals surface area contributed by atoms with Gasteiger partial charge < -0.3 is 16.0 Å². The Morgan fingerprint density at radius 2 is 1.57 bits per heavy atom. The van der Waals surface area contributed by atoms with E-state index in [0.717, 1.165) is 0 Å². The fourth-order valence-corrected chi connectivity index (χ4v) is 2.99. The third kappa shape index (κ3) is 5.24. The number of carbonyl (C=O) groups excluding carboxylic acids is 3. The summed E-state index contributed by atoms with van der Waals surface area (Å²) in [5, 5.41) is 10.1. The van der Waals surface area contributed by atoms with Crippen molar-refractivity contribution in [2.75, 3.05) is 18.4 Å². The van der Waals surface area contributed by atoms with Crippen LogP contribution in [0.15, 0.2) is 66.3 Å². The maximum absolute atomic E-state index is 12.2. The average molecular weight is 394 g/mol. The van der Waals surface area contributed by atoms with Gasteiger partial charge in [0.2, 0.25) is 0 Å². The zero-order chi connectivity index (χ0) is 19.8. The number of hydrogen-bond donors (Lipinski definition) is 3. The van der Waals surface area contributed by atoms with E-state index in [4.69, 9.17) is 0 Å². The van der Waals surface area contributed by atoms with Gasteiger partial charge in [-0.05, 0) is 47.8 Å². The summed E-state index contributed by atoms with van der Waals surface area (Å²) in [5.74, 6) is -0.680. The summed E-state index contributed by atoms with van der Waals surface area (Å²) in [4.78, 5) is 40.6. The molecule has 2 aromatic heterocycles. The van der Waals surface area contributed by atoms with Gasteiger partial charge in [0.05, 0.1) is 10.4 Å². The van der Waals surface area contributed by atoms with Crippen molar-refractivity contribution < 1.29 is 14.4 Å². The number of thiophene rings is 1. The largest absolute Gasteiger partial charge is 0.350 e. The van der Waals surface area contributed by atoms with Crippen LogP contribution in [0.4, 0.5) is 5.69 Å². The molecule has 3 aromatic rings. The summed E-state index contributed by atoms with van der Waals surface area (Å²) >= 11 is 1.36. The van der Waals surface area contributed by atoms with Gasteiger partial charge in [-0.1, -0.05) is 6.07 Å². The number of hydrogen-bond acceptors (Lipinski definition) is 5. The SMILES string of the molecule is O=C(NCCNC(=O)c1cccs1)c1ccc(NC(=O)c2cccnc2)cc1. The van der Waals surface area contributed by atoms with Crippen molar-refractivity contribution in [1.82, 2.24) is 15.6 Å². The highest BCUT2D eigenvalue weighted by Gasteiger charge is 2.09. The summed E-state index contributed by atoms with van der Waals surface area (Å²) in [6.45, 7) is 0.650. The molecule has 1 aromatic carbocycles. The van der Waals surface area contributed by atoms with Crippen LogP contribution >= 0.6 is 11.3 Å². The van der Waals surface area contributed by atoms with Crippen molar-refractivity contribution in [3.05, 3.63) is 82.3 Å². The molecule has 142 valence electrons.